The Morgan fingerprint density at radius 3 is 2.60 bits per heavy atom. The van der Waals surface area contributed by atoms with Crippen LogP contribution in [0.15, 0.2) is 17.0 Å². The minimum absolute atomic E-state index is 0.104. The lowest BCUT2D eigenvalue weighted by molar-refractivity contribution is -0.309. The van der Waals surface area contributed by atoms with Crippen molar-refractivity contribution in [3.63, 3.8) is 0 Å². The molecule has 0 saturated carbocycles. The van der Waals surface area contributed by atoms with Crippen LogP contribution in [0.1, 0.15) is 24.0 Å². The van der Waals surface area contributed by atoms with E-state index in [0.717, 1.165) is 4.31 Å². The van der Waals surface area contributed by atoms with Crippen LogP contribution in [0.25, 0.3) is 0 Å². The van der Waals surface area contributed by atoms with Gasteiger partial charge in [-0.2, -0.15) is 4.31 Å². The Morgan fingerprint density at radius 2 is 2.00 bits per heavy atom. The van der Waals surface area contributed by atoms with Crippen LogP contribution in [-0.2, 0) is 14.8 Å². The molecular formula is C13H15ClNO4S-. The van der Waals surface area contributed by atoms with Crippen molar-refractivity contribution in [1.29, 1.82) is 0 Å². The molecule has 7 heteroatoms. The number of halogens is 1. The lowest BCUT2D eigenvalue weighted by atomic mass is 10.2. The number of hydrogen-bond donors (Lipinski definition) is 0. The summed E-state index contributed by atoms with van der Waals surface area (Å²) in [7, 11) is -3.85. The summed E-state index contributed by atoms with van der Waals surface area (Å²) in [6.07, 6.45) is 0.802. The number of carboxylic acids is 1. The van der Waals surface area contributed by atoms with Crippen molar-refractivity contribution in [2.75, 3.05) is 6.54 Å². The van der Waals surface area contributed by atoms with Crippen molar-refractivity contribution in [3.8, 4) is 0 Å². The molecule has 1 aliphatic rings. The van der Waals surface area contributed by atoms with E-state index in [-0.39, 0.29) is 17.9 Å². The number of carboxylic acid groups (broad SMARTS) is 1. The second-order valence-electron chi connectivity index (χ2n) is 4.96. The molecular weight excluding hydrogens is 302 g/mol. The average molecular weight is 317 g/mol. The molecule has 0 aromatic heterocycles. The summed E-state index contributed by atoms with van der Waals surface area (Å²) < 4.78 is 26.3. The van der Waals surface area contributed by atoms with E-state index < -0.39 is 22.0 Å². The number of aryl methyl sites for hydroxylation is 2. The quantitative estimate of drug-likeness (QED) is 0.828. The number of aliphatic carboxylic acids is 1. The van der Waals surface area contributed by atoms with Crippen molar-refractivity contribution in [2.24, 2.45) is 0 Å². The minimum Gasteiger partial charge on any atom is -0.548 e. The standard InChI is InChI=1S/C13H16ClNO4S/c1-8-7-12(9(2)6-10(8)14)20(18,19)15-5-3-4-11(15)13(16)17/h6-7,11H,3-5H2,1-2H3,(H,16,17)/p-1/t11-/m0/s1. The van der Waals surface area contributed by atoms with Crippen LogP contribution in [0, 0.1) is 13.8 Å². The lowest BCUT2D eigenvalue weighted by Crippen LogP contribution is -2.47. The molecule has 0 spiro atoms. The van der Waals surface area contributed by atoms with Gasteiger partial charge in [0.05, 0.1) is 16.9 Å². The lowest BCUT2D eigenvalue weighted by Gasteiger charge is -2.25. The van der Waals surface area contributed by atoms with E-state index in [1.807, 2.05) is 0 Å². The van der Waals surface area contributed by atoms with Crippen LogP contribution in [0.5, 0.6) is 0 Å². The molecule has 1 atom stereocenters. The number of benzene rings is 1. The molecule has 1 aromatic carbocycles. The maximum atomic E-state index is 12.6. The van der Waals surface area contributed by atoms with Crippen LogP contribution in [0.2, 0.25) is 5.02 Å². The van der Waals surface area contributed by atoms with Gasteiger partial charge in [-0.25, -0.2) is 8.42 Å². The van der Waals surface area contributed by atoms with Gasteiger partial charge in [0.2, 0.25) is 10.0 Å². The third kappa shape index (κ3) is 2.55. The number of carbonyl (C=O) groups excluding carboxylic acids is 1. The third-order valence-corrected chi connectivity index (χ3v) is 5.98. The van der Waals surface area contributed by atoms with Gasteiger partial charge in [-0.3, -0.25) is 0 Å². The Hall–Kier alpha value is -1.11. The fraction of sp³-hybridized carbons (Fsp3) is 0.462. The molecule has 0 radical (unpaired) electrons. The van der Waals surface area contributed by atoms with Gasteiger partial charge in [-0.15, -0.1) is 0 Å². The highest BCUT2D eigenvalue weighted by Crippen LogP contribution is 2.30. The van der Waals surface area contributed by atoms with Gasteiger partial charge < -0.3 is 9.90 Å². The van der Waals surface area contributed by atoms with Crippen LogP contribution >= 0.6 is 11.6 Å². The maximum Gasteiger partial charge on any atom is 0.243 e. The van der Waals surface area contributed by atoms with E-state index in [1.54, 1.807) is 19.9 Å². The van der Waals surface area contributed by atoms with E-state index in [2.05, 4.69) is 0 Å². The number of carbonyl (C=O) groups is 1. The van der Waals surface area contributed by atoms with Gasteiger partial charge in [-0.1, -0.05) is 11.6 Å². The largest absolute Gasteiger partial charge is 0.548 e. The Bertz CT molecular complexity index is 657. The summed E-state index contributed by atoms with van der Waals surface area (Å²) in [5, 5.41) is 11.5. The normalized spacial score (nSPS) is 20.2. The summed E-state index contributed by atoms with van der Waals surface area (Å²) in [6, 6.07) is 1.97. The molecule has 0 unspecified atom stereocenters. The van der Waals surface area contributed by atoms with Gasteiger partial charge in [0.1, 0.15) is 0 Å². The third-order valence-electron chi connectivity index (χ3n) is 3.52. The number of rotatable bonds is 3. The first-order valence-electron chi connectivity index (χ1n) is 6.24. The molecule has 2 rings (SSSR count). The maximum absolute atomic E-state index is 12.6. The summed E-state index contributed by atoms with van der Waals surface area (Å²) in [5.74, 6) is -1.35. The van der Waals surface area contributed by atoms with E-state index in [4.69, 9.17) is 11.6 Å². The molecule has 0 amide bonds. The predicted octanol–water partition coefficient (Wildman–Crippen LogP) is 0.860. The Kier molecular flexibility index (Phi) is 4.09. The minimum atomic E-state index is -3.85. The van der Waals surface area contributed by atoms with Crippen LogP contribution in [0.3, 0.4) is 0 Å². The highest BCUT2D eigenvalue weighted by atomic mass is 35.5. The smallest absolute Gasteiger partial charge is 0.243 e. The number of sulfonamides is 1. The van der Waals surface area contributed by atoms with Crippen LogP contribution in [0.4, 0.5) is 0 Å². The summed E-state index contributed by atoms with van der Waals surface area (Å²) >= 11 is 5.96. The molecule has 110 valence electrons. The second kappa shape index (κ2) is 5.35. The van der Waals surface area contributed by atoms with E-state index >= 15 is 0 Å². The Morgan fingerprint density at radius 1 is 1.35 bits per heavy atom. The molecule has 0 bridgehead atoms. The zero-order valence-corrected chi connectivity index (χ0v) is 12.8. The molecule has 1 saturated heterocycles. The molecule has 1 fully saturated rings. The summed E-state index contributed by atoms with van der Waals surface area (Å²) in [4.78, 5) is 11.2. The fourth-order valence-electron chi connectivity index (χ4n) is 2.42. The zero-order chi connectivity index (χ0) is 15.1. The van der Waals surface area contributed by atoms with Crippen molar-refractivity contribution in [1.82, 2.24) is 4.31 Å². The van der Waals surface area contributed by atoms with E-state index in [1.165, 1.54) is 6.07 Å². The van der Waals surface area contributed by atoms with Crippen molar-refractivity contribution < 1.29 is 18.3 Å². The SMILES string of the molecule is Cc1cc(S(=O)(=O)N2CCC[C@H]2C(=O)[O-])c(C)cc1Cl. The number of hydrogen-bond acceptors (Lipinski definition) is 4. The highest BCUT2D eigenvalue weighted by molar-refractivity contribution is 7.89. The van der Waals surface area contributed by atoms with Crippen molar-refractivity contribution >= 4 is 27.6 Å². The monoisotopic (exact) mass is 316 g/mol. The summed E-state index contributed by atoms with van der Waals surface area (Å²) in [5.41, 5.74) is 1.14. The molecule has 0 aliphatic carbocycles. The molecule has 0 N–H and O–H groups in total. The Labute approximate surface area is 123 Å². The zero-order valence-electron chi connectivity index (χ0n) is 11.2. The van der Waals surface area contributed by atoms with Crippen molar-refractivity contribution in [2.45, 2.75) is 37.6 Å². The molecule has 1 heterocycles. The van der Waals surface area contributed by atoms with Gasteiger partial charge in [0.25, 0.3) is 0 Å². The van der Waals surface area contributed by atoms with Crippen LogP contribution < -0.4 is 5.11 Å². The first-order chi connectivity index (χ1) is 9.25. The van der Waals surface area contributed by atoms with Gasteiger partial charge in [-0.05, 0) is 49.9 Å². The van der Waals surface area contributed by atoms with Gasteiger partial charge in [0.15, 0.2) is 0 Å². The van der Waals surface area contributed by atoms with Crippen LogP contribution in [-0.4, -0.2) is 31.3 Å². The molecule has 20 heavy (non-hydrogen) atoms. The molecule has 5 nitrogen and oxygen atoms in total. The topological polar surface area (TPSA) is 77.5 Å². The number of nitrogens with zero attached hydrogens (tertiary/aromatic N) is 1. The van der Waals surface area contributed by atoms with E-state index in [9.17, 15) is 18.3 Å². The van der Waals surface area contributed by atoms with Gasteiger partial charge in [0, 0.05) is 11.6 Å². The molecule has 1 aromatic rings. The molecule has 1 aliphatic heterocycles. The predicted molar refractivity (Wildman–Crippen MR) is 72.8 cm³/mol. The van der Waals surface area contributed by atoms with E-state index in [0.29, 0.717) is 22.6 Å². The summed E-state index contributed by atoms with van der Waals surface area (Å²) in [6.45, 7) is 3.55. The fourth-order valence-corrected chi connectivity index (χ4v) is 4.58. The first-order valence-corrected chi connectivity index (χ1v) is 8.06. The second-order valence-corrected chi connectivity index (χ2v) is 7.23. The van der Waals surface area contributed by atoms with Crippen molar-refractivity contribution in [3.05, 3.63) is 28.3 Å². The van der Waals surface area contributed by atoms with Gasteiger partial charge >= 0.3 is 0 Å². The average Bonchev–Trinajstić information content (AvgIpc) is 2.83. The highest BCUT2D eigenvalue weighted by Gasteiger charge is 2.36. The Balaban J connectivity index is 2.50. The first kappa shape index (κ1) is 15.3.